The van der Waals surface area contributed by atoms with Crippen molar-refractivity contribution < 1.29 is 28.4 Å². The van der Waals surface area contributed by atoms with Crippen molar-refractivity contribution in [1.29, 1.82) is 0 Å². The summed E-state index contributed by atoms with van der Waals surface area (Å²) in [6.07, 6.45) is 4.00. The van der Waals surface area contributed by atoms with E-state index in [0.717, 1.165) is 36.9 Å². The van der Waals surface area contributed by atoms with Gasteiger partial charge < -0.3 is 19.3 Å². The predicted octanol–water partition coefficient (Wildman–Crippen LogP) is 3.57. The van der Waals surface area contributed by atoms with Crippen molar-refractivity contribution in [3.05, 3.63) is 46.8 Å². The molecule has 0 aliphatic heterocycles. The van der Waals surface area contributed by atoms with Crippen LogP contribution in [-0.4, -0.2) is 35.2 Å². The Balaban J connectivity index is 1.45. The molecule has 1 heterocycles. The Morgan fingerprint density at radius 1 is 1.12 bits per heavy atom. The summed E-state index contributed by atoms with van der Waals surface area (Å²) in [4.78, 5) is 36.5. The molecule has 3 rings (SSSR count). The maximum Gasteiger partial charge on any atom is 0.338 e. The van der Waals surface area contributed by atoms with E-state index >= 15 is 0 Å². The van der Waals surface area contributed by atoms with E-state index in [1.165, 1.54) is 13.3 Å². The van der Waals surface area contributed by atoms with Gasteiger partial charge in [-0.05, 0) is 57.9 Å². The lowest BCUT2D eigenvalue weighted by atomic mass is 9.96. The third kappa shape index (κ3) is 6.32. The molecular weight excluding hydrogens is 414 g/mol. The number of amides is 3. The lowest BCUT2D eigenvalue weighted by molar-refractivity contribution is -0.127. The lowest BCUT2D eigenvalue weighted by Gasteiger charge is -2.23. The zero-order valence-corrected chi connectivity index (χ0v) is 18.6. The number of rotatable bonds is 7. The topological polar surface area (TPSA) is 120 Å². The van der Waals surface area contributed by atoms with Crippen LogP contribution in [0.3, 0.4) is 0 Å². The smallest absolute Gasteiger partial charge is 0.338 e. The number of nitrogens with one attached hydrogen (secondary N) is 2. The molecule has 0 radical (unpaired) electrons. The maximum absolute atomic E-state index is 12.3. The van der Waals surface area contributed by atoms with E-state index in [1.54, 1.807) is 24.3 Å². The fourth-order valence-corrected chi connectivity index (χ4v) is 3.51. The van der Waals surface area contributed by atoms with E-state index in [-0.39, 0.29) is 11.6 Å². The fourth-order valence-electron chi connectivity index (χ4n) is 3.51. The highest BCUT2D eigenvalue weighted by molar-refractivity contribution is 5.98. The third-order valence-corrected chi connectivity index (χ3v) is 5.48. The number of carbonyl (C=O) groups is 3. The number of aryl methyl sites for hydroxylation is 2. The average molecular weight is 444 g/mol. The number of aromatic nitrogens is 1. The summed E-state index contributed by atoms with van der Waals surface area (Å²) in [6.45, 7) is 5.37. The molecule has 2 N–H and O–H groups in total. The summed E-state index contributed by atoms with van der Waals surface area (Å²) < 4.78 is 16.0. The molecule has 1 aliphatic rings. The van der Waals surface area contributed by atoms with E-state index < -0.39 is 24.0 Å². The largest absolute Gasteiger partial charge is 0.489 e. The van der Waals surface area contributed by atoms with E-state index in [1.807, 2.05) is 13.8 Å². The van der Waals surface area contributed by atoms with Gasteiger partial charge in [0, 0.05) is 6.04 Å². The number of hydrogen-bond acceptors (Lipinski definition) is 7. The molecule has 1 aromatic heterocycles. The minimum Gasteiger partial charge on any atom is -0.489 e. The van der Waals surface area contributed by atoms with Crippen LogP contribution in [0.15, 0.2) is 28.8 Å². The molecule has 9 heteroatoms. The number of esters is 1. The van der Waals surface area contributed by atoms with Crippen LogP contribution >= 0.6 is 0 Å². The van der Waals surface area contributed by atoms with Crippen LogP contribution in [0.1, 0.15) is 66.4 Å². The molecule has 1 atom stereocenters. The van der Waals surface area contributed by atoms with Gasteiger partial charge >= 0.3 is 12.0 Å². The average Bonchev–Trinajstić information content (AvgIpc) is 3.10. The Hall–Kier alpha value is -3.36. The van der Waals surface area contributed by atoms with Gasteiger partial charge in [0.05, 0.1) is 16.8 Å². The molecule has 1 aromatic carbocycles. The zero-order chi connectivity index (χ0) is 23.1. The summed E-state index contributed by atoms with van der Waals surface area (Å²) in [6, 6.07) is 5.88. The van der Waals surface area contributed by atoms with E-state index in [2.05, 4.69) is 15.8 Å². The summed E-state index contributed by atoms with van der Waals surface area (Å²) in [7, 11) is 0. The van der Waals surface area contributed by atoms with Crippen molar-refractivity contribution in [2.45, 2.75) is 71.6 Å². The van der Waals surface area contributed by atoms with Gasteiger partial charge in [-0.25, -0.2) is 9.59 Å². The summed E-state index contributed by atoms with van der Waals surface area (Å²) in [5.74, 6) is -0.0854. The van der Waals surface area contributed by atoms with Crippen LogP contribution in [0.2, 0.25) is 0 Å². The normalized spacial score (nSPS) is 15.0. The van der Waals surface area contributed by atoms with Crippen LogP contribution in [0.4, 0.5) is 4.79 Å². The van der Waals surface area contributed by atoms with Gasteiger partial charge in [0.2, 0.25) is 0 Å². The molecule has 172 valence electrons. The van der Waals surface area contributed by atoms with Gasteiger partial charge in [-0.2, -0.15) is 0 Å². The van der Waals surface area contributed by atoms with E-state index in [9.17, 15) is 14.4 Å². The van der Waals surface area contributed by atoms with Crippen molar-refractivity contribution in [2.24, 2.45) is 0 Å². The molecule has 1 saturated carbocycles. The number of urea groups is 1. The predicted molar refractivity (Wildman–Crippen MR) is 115 cm³/mol. The van der Waals surface area contributed by atoms with Crippen molar-refractivity contribution >= 4 is 17.9 Å². The van der Waals surface area contributed by atoms with Crippen LogP contribution in [0, 0.1) is 13.8 Å². The van der Waals surface area contributed by atoms with Gasteiger partial charge in [-0.1, -0.05) is 24.4 Å². The van der Waals surface area contributed by atoms with Gasteiger partial charge in [0.25, 0.3) is 5.91 Å². The molecule has 0 spiro atoms. The second-order valence-electron chi connectivity index (χ2n) is 7.96. The van der Waals surface area contributed by atoms with Crippen molar-refractivity contribution in [1.82, 2.24) is 15.8 Å². The first kappa shape index (κ1) is 23.3. The standard InChI is InChI=1S/C23H29N3O6/c1-14-20(15(2)32-26-14)13-30-19-11-9-17(10-12-19)22(28)31-16(3)21(27)25-23(29)24-18-7-5-4-6-8-18/h9-12,16,18H,4-8,13H2,1-3H3,(H2,24,25,27,29). The monoisotopic (exact) mass is 443 g/mol. The molecule has 2 aromatic rings. The first-order chi connectivity index (χ1) is 15.3. The van der Waals surface area contributed by atoms with E-state index in [0.29, 0.717) is 18.1 Å². The molecule has 0 saturated heterocycles. The molecule has 1 unspecified atom stereocenters. The zero-order valence-electron chi connectivity index (χ0n) is 18.6. The lowest BCUT2D eigenvalue weighted by Crippen LogP contribution is -2.48. The van der Waals surface area contributed by atoms with Crippen LogP contribution in [0.5, 0.6) is 5.75 Å². The molecule has 1 aliphatic carbocycles. The second kappa shape index (κ2) is 10.8. The van der Waals surface area contributed by atoms with Crippen LogP contribution in [-0.2, 0) is 16.1 Å². The summed E-state index contributed by atoms with van der Waals surface area (Å²) >= 11 is 0. The molecule has 0 bridgehead atoms. The Kier molecular flexibility index (Phi) is 7.86. The van der Waals surface area contributed by atoms with Gasteiger partial charge in [-0.3, -0.25) is 10.1 Å². The molecular formula is C23H29N3O6. The Bertz CT molecular complexity index is 928. The molecule has 9 nitrogen and oxygen atoms in total. The van der Waals surface area contributed by atoms with Gasteiger partial charge in [-0.15, -0.1) is 0 Å². The number of imide groups is 1. The Morgan fingerprint density at radius 2 is 1.81 bits per heavy atom. The highest BCUT2D eigenvalue weighted by Crippen LogP contribution is 2.19. The minimum absolute atomic E-state index is 0.0766. The number of ether oxygens (including phenoxy) is 2. The first-order valence-electron chi connectivity index (χ1n) is 10.8. The number of benzene rings is 1. The molecule has 3 amide bonds. The first-order valence-corrected chi connectivity index (χ1v) is 10.8. The van der Waals surface area contributed by atoms with Gasteiger partial charge in [0.15, 0.2) is 6.10 Å². The third-order valence-electron chi connectivity index (χ3n) is 5.48. The van der Waals surface area contributed by atoms with Crippen molar-refractivity contribution in [2.75, 3.05) is 0 Å². The minimum atomic E-state index is -1.12. The SMILES string of the molecule is Cc1noc(C)c1COc1ccc(C(=O)OC(C)C(=O)NC(=O)NC2CCCCC2)cc1. The number of hydrogen-bond donors (Lipinski definition) is 2. The Labute approximate surface area is 186 Å². The highest BCUT2D eigenvalue weighted by atomic mass is 16.5. The van der Waals surface area contributed by atoms with Crippen LogP contribution < -0.4 is 15.4 Å². The van der Waals surface area contributed by atoms with Crippen molar-refractivity contribution in [3.8, 4) is 5.75 Å². The van der Waals surface area contributed by atoms with Gasteiger partial charge in [0.1, 0.15) is 18.1 Å². The quantitative estimate of drug-likeness (QED) is 0.628. The molecule has 1 fully saturated rings. The van der Waals surface area contributed by atoms with Crippen LogP contribution in [0.25, 0.3) is 0 Å². The highest BCUT2D eigenvalue weighted by Gasteiger charge is 2.22. The summed E-state index contributed by atoms with van der Waals surface area (Å²) in [5, 5.41) is 8.90. The number of nitrogens with zero attached hydrogens (tertiary/aromatic N) is 1. The fraction of sp³-hybridized carbons (Fsp3) is 0.478. The second-order valence-corrected chi connectivity index (χ2v) is 7.96. The number of carbonyl (C=O) groups excluding carboxylic acids is 3. The van der Waals surface area contributed by atoms with E-state index in [4.69, 9.17) is 14.0 Å². The summed E-state index contributed by atoms with van der Waals surface area (Å²) in [5.41, 5.74) is 1.91. The Morgan fingerprint density at radius 3 is 2.44 bits per heavy atom. The molecule has 32 heavy (non-hydrogen) atoms. The maximum atomic E-state index is 12.3. The van der Waals surface area contributed by atoms with Crippen molar-refractivity contribution in [3.63, 3.8) is 0 Å².